The number of carboxylic acids is 4. The molecule has 54 heavy (non-hydrogen) atoms. The zero-order valence-corrected chi connectivity index (χ0v) is 30.6. The molecule has 15 N–H and O–H groups in total. The minimum Gasteiger partial charge on any atom is -0.478 e. The van der Waals surface area contributed by atoms with Gasteiger partial charge < -0.3 is 86.1 Å². The summed E-state index contributed by atoms with van der Waals surface area (Å²) in [6, 6.07) is 0. The highest BCUT2D eigenvalue weighted by Crippen LogP contribution is 2.23. The van der Waals surface area contributed by atoms with Gasteiger partial charge in [-0.1, -0.05) is 33.2 Å². The molecule has 0 aromatic rings. The summed E-state index contributed by atoms with van der Waals surface area (Å²) < 4.78 is 10.7. The molecule has 21 nitrogen and oxygen atoms in total. The van der Waals surface area contributed by atoms with Crippen LogP contribution in [0.5, 0.6) is 0 Å². The molecule has 0 bridgehead atoms. The summed E-state index contributed by atoms with van der Waals surface area (Å²) in [5.74, 6) is -3.93. The molecule has 0 heterocycles. The van der Waals surface area contributed by atoms with Crippen LogP contribution in [0, 0.1) is 21.7 Å². The molecule has 0 aliphatic heterocycles. The van der Waals surface area contributed by atoms with Gasteiger partial charge in [-0.05, 0) is 6.42 Å². The van der Waals surface area contributed by atoms with Crippen LogP contribution in [0.4, 0.5) is 0 Å². The monoisotopic (exact) mass is 794 g/mol. The summed E-state index contributed by atoms with van der Waals surface area (Å²) in [6.07, 6.45) is 3.93. The van der Waals surface area contributed by atoms with Gasteiger partial charge in [0.1, 0.15) is 0 Å². The van der Waals surface area contributed by atoms with Crippen LogP contribution in [-0.4, -0.2) is 200 Å². The molecule has 0 aromatic heterocycles. The summed E-state index contributed by atoms with van der Waals surface area (Å²) in [5, 5.41) is 131. The Balaban J connectivity index is -0.000000160. The molecular weight excluding hydrogens is 732 g/mol. The van der Waals surface area contributed by atoms with Gasteiger partial charge >= 0.3 is 23.9 Å². The van der Waals surface area contributed by atoms with E-state index in [1.807, 2.05) is 6.92 Å². The average Bonchev–Trinajstić information content (AvgIpc) is 3.20. The lowest BCUT2D eigenvalue weighted by molar-refractivity contribution is -0.132. The fourth-order valence-electron chi connectivity index (χ4n) is 2.30. The maximum atomic E-state index is 9.56. The Morgan fingerprint density at radius 1 is 0.389 bits per heavy atom. The van der Waals surface area contributed by atoms with E-state index in [2.05, 4.69) is 26.3 Å². The van der Waals surface area contributed by atoms with Crippen LogP contribution in [0.1, 0.15) is 13.3 Å². The molecule has 21 heteroatoms. The van der Waals surface area contributed by atoms with Crippen molar-refractivity contribution in [2.45, 2.75) is 13.3 Å². The summed E-state index contributed by atoms with van der Waals surface area (Å²) in [6.45, 7) is 8.37. The Hall–Kier alpha value is -3.68. The largest absolute Gasteiger partial charge is 0.478 e. The normalized spacial score (nSPS) is 10.6. The number of carbonyl (C=O) groups is 4. The number of aliphatic hydroxyl groups excluding tert-OH is 11. The standard InChI is InChI=1S/C15H32O10.C6H14O3.4C3H4O2/c16-1-13(2-17,3-18)9-24-11-15(7-22,8-23)12-25-10-14(4-19,5-20)6-21;1-2-6(3-7,4-8)5-9;4*1-2-3(4)5/h16-23H,1-12H2;7-9H,2-5H2,1H3;4*2H,1H2,(H,4,5). The van der Waals surface area contributed by atoms with Gasteiger partial charge in [0.05, 0.1) is 115 Å². The van der Waals surface area contributed by atoms with Gasteiger partial charge in [-0.3, -0.25) is 0 Å². The number of hydrogen-bond donors (Lipinski definition) is 15. The van der Waals surface area contributed by atoms with Crippen molar-refractivity contribution < 1.29 is 105 Å². The molecule has 0 saturated heterocycles. The molecule has 320 valence electrons. The number of carboxylic acid groups (broad SMARTS) is 4. The maximum absolute atomic E-state index is 9.56. The average molecular weight is 795 g/mol. The van der Waals surface area contributed by atoms with E-state index >= 15 is 0 Å². The van der Waals surface area contributed by atoms with Gasteiger partial charge in [0.2, 0.25) is 0 Å². The second-order valence-corrected chi connectivity index (χ2v) is 11.2. The third kappa shape index (κ3) is 34.1. The van der Waals surface area contributed by atoms with Crippen molar-refractivity contribution in [1.29, 1.82) is 0 Å². The Morgan fingerprint density at radius 2 is 0.537 bits per heavy atom. The molecule has 0 aliphatic rings. The predicted octanol–water partition coefficient (Wildman–Crippen LogP) is -3.70. The van der Waals surface area contributed by atoms with Crippen LogP contribution in [0.2, 0.25) is 0 Å². The Kier molecular flexibility index (Phi) is 45.0. The van der Waals surface area contributed by atoms with Gasteiger partial charge in [0, 0.05) is 29.7 Å². The van der Waals surface area contributed by atoms with Crippen LogP contribution in [0.15, 0.2) is 50.6 Å². The molecule has 0 aliphatic carbocycles. The first-order valence-corrected chi connectivity index (χ1v) is 15.5. The molecular formula is C33H62O21. The number of aliphatic hydroxyl groups is 11. The Morgan fingerprint density at radius 3 is 0.630 bits per heavy atom. The van der Waals surface area contributed by atoms with Crippen LogP contribution in [0.3, 0.4) is 0 Å². The topological polar surface area (TPSA) is 390 Å². The Bertz CT molecular complexity index is 851. The molecule has 0 unspecified atom stereocenters. The lowest BCUT2D eigenvalue weighted by Crippen LogP contribution is -2.45. The molecule has 0 atom stereocenters. The Labute approximate surface area is 313 Å². The smallest absolute Gasteiger partial charge is 0.327 e. The fourth-order valence-corrected chi connectivity index (χ4v) is 2.30. The quantitative estimate of drug-likeness (QED) is 0.0418. The number of rotatable bonds is 24. The van der Waals surface area contributed by atoms with Gasteiger partial charge in [0.15, 0.2) is 0 Å². The van der Waals surface area contributed by atoms with Crippen molar-refractivity contribution in [3.63, 3.8) is 0 Å². The van der Waals surface area contributed by atoms with Crippen molar-refractivity contribution in [3.8, 4) is 0 Å². The van der Waals surface area contributed by atoms with E-state index < -0.39 is 98.4 Å². The van der Waals surface area contributed by atoms with Crippen molar-refractivity contribution in [2.75, 3.05) is 99.1 Å². The highest BCUT2D eigenvalue weighted by molar-refractivity contribution is 5.79. The van der Waals surface area contributed by atoms with Crippen molar-refractivity contribution in [2.24, 2.45) is 21.7 Å². The minimum absolute atomic E-state index is 0.156. The van der Waals surface area contributed by atoms with Crippen molar-refractivity contribution >= 4 is 23.9 Å². The summed E-state index contributed by atoms with van der Waals surface area (Å²) in [5.41, 5.74) is -4.35. The number of hydrogen-bond acceptors (Lipinski definition) is 17. The second-order valence-electron chi connectivity index (χ2n) is 11.2. The van der Waals surface area contributed by atoms with Gasteiger partial charge in [-0.25, -0.2) is 19.2 Å². The first-order valence-electron chi connectivity index (χ1n) is 15.5. The molecule has 0 saturated carbocycles. The highest BCUT2D eigenvalue weighted by Gasteiger charge is 2.35. The summed E-state index contributed by atoms with van der Waals surface area (Å²) >= 11 is 0. The van der Waals surface area contributed by atoms with E-state index in [0.29, 0.717) is 6.42 Å². The second kappa shape index (κ2) is 39.0. The minimum atomic E-state index is -1.24. The maximum Gasteiger partial charge on any atom is 0.327 e. The third-order valence-corrected chi connectivity index (χ3v) is 6.77. The zero-order chi connectivity index (χ0) is 43.9. The van der Waals surface area contributed by atoms with E-state index in [4.69, 9.17) is 45.2 Å². The van der Waals surface area contributed by atoms with Crippen molar-refractivity contribution in [1.82, 2.24) is 0 Å². The first kappa shape index (κ1) is 62.3. The summed E-state index contributed by atoms with van der Waals surface area (Å²) in [7, 11) is 0. The van der Waals surface area contributed by atoms with E-state index in [1.165, 1.54) is 0 Å². The molecule has 0 rings (SSSR count). The third-order valence-electron chi connectivity index (χ3n) is 6.77. The van der Waals surface area contributed by atoms with Crippen molar-refractivity contribution in [3.05, 3.63) is 50.6 Å². The van der Waals surface area contributed by atoms with Crippen LogP contribution < -0.4 is 0 Å². The van der Waals surface area contributed by atoms with Gasteiger partial charge in [-0.15, -0.1) is 0 Å². The predicted molar refractivity (Wildman–Crippen MR) is 191 cm³/mol. The van der Waals surface area contributed by atoms with Crippen LogP contribution in [0.25, 0.3) is 0 Å². The van der Waals surface area contributed by atoms with Gasteiger partial charge in [0.25, 0.3) is 0 Å². The van der Waals surface area contributed by atoms with Crippen LogP contribution >= 0.6 is 0 Å². The fraction of sp³-hybridized carbons (Fsp3) is 0.636. The molecule has 0 aromatic carbocycles. The van der Waals surface area contributed by atoms with E-state index in [-0.39, 0.29) is 46.2 Å². The highest BCUT2D eigenvalue weighted by atomic mass is 16.5. The van der Waals surface area contributed by atoms with E-state index in [9.17, 15) is 60.0 Å². The molecule has 0 radical (unpaired) electrons. The molecule has 0 spiro atoms. The number of aliphatic carboxylic acids is 4. The van der Waals surface area contributed by atoms with Gasteiger partial charge in [-0.2, -0.15) is 0 Å². The first-order chi connectivity index (χ1) is 25.2. The molecule has 0 fully saturated rings. The lowest BCUT2D eigenvalue weighted by Gasteiger charge is -2.34. The zero-order valence-electron chi connectivity index (χ0n) is 30.6. The van der Waals surface area contributed by atoms with Crippen LogP contribution in [-0.2, 0) is 28.7 Å². The number of ether oxygens (including phenoxy) is 2. The lowest BCUT2D eigenvalue weighted by atomic mass is 9.88. The van der Waals surface area contributed by atoms with E-state index in [0.717, 1.165) is 24.3 Å². The summed E-state index contributed by atoms with van der Waals surface area (Å²) in [4.78, 5) is 37.0. The SMILES string of the molecule is C=CC(=O)O.C=CC(=O)O.C=CC(=O)O.C=CC(=O)O.CCC(CO)(CO)CO.OCC(CO)(CO)COCC(CO)(CO)COCC(CO)(CO)CO. The van der Waals surface area contributed by atoms with E-state index in [1.54, 1.807) is 0 Å². The molecule has 0 amide bonds.